The number of anilines is 1. The molecule has 2 aromatic carbocycles. The summed E-state index contributed by atoms with van der Waals surface area (Å²) in [6.45, 7) is 0. The first-order chi connectivity index (χ1) is 13.2. The molecule has 1 amide bonds. The van der Waals surface area contributed by atoms with Crippen LogP contribution in [0, 0.1) is 0 Å². The molecule has 0 spiro atoms. The maximum absolute atomic E-state index is 13.1. The minimum atomic E-state index is -4.74. The Labute approximate surface area is 163 Å². The Kier molecular flexibility index (Phi) is 5.33. The van der Waals surface area contributed by atoms with Crippen molar-refractivity contribution in [2.45, 2.75) is 6.18 Å². The molecule has 0 saturated carbocycles. The number of amides is 1. The first kappa shape index (κ1) is 19.8. The van der Waals surface area contributed by atoms with Gasteiger partial charge in [-0.25, -0.2) is 0 Å². The summed E-state index contributed by atoms with van der Waals surface area (Å²) in [5.74, 6) is -0.472. The Morgan fingerprint density at radius 1 is 1.21 bits per heavy atom. The minimum Gasteiger partial charge on any atom is -0.495 e. The molecular formula is C19H15ClF3N3O2. The van der Waals surface area contributed by atoms with Crippen molar-refractivity contribution >= 4 is 23.2 Å². The molecule has 0 bridgehead atoms. The third-order valence-corrected chi connectivity index (χ3v) is 4.29. The van der Waals surface area contributed by atoms with Gasteiger partial charge in [0, 0.05) is 24.5 Å². The normalized spacial score (nSPS) is 11.4. The van der Waals surface area contributed by atoms with Crippen LogP contribution in [0.3, 0.4) is 0 Å². The maximum atomic E-state index is 13.1. The van der Waals surface area contributed by atoms with Gasteiger partial charge < -0.3 is 10.1 Å². The minimum absolute atomic E-state index is 0.342. The fourth-order valence-electron chi connectivity index (χ4n) is 2.72. The van der Waals surface area contributed by atoms with E-state index in [1.54, 1.807) is 42.5 Å². The number of benzene rings is 2. The topological polar surface area (TPSA) is 56.1 Å². The molecule has 3 rings (SSSR count). The molecule has 9 heteroatoms. The summed E-state index contributed by atoms with van der Waals surface area (Å²) in [6, 6.07) is 11.8. The van der Waals surface area contributed by atoms with Crippen molar-refractivity contribution in [3.63, 3.8) is 0 Å². The zero-order chi connectivity index (χ0) is 20.5. The SMILES string of the molecule is COc1cc(-c2ccccc2NC(=O)c2cn(C)nc2C(F)(F)F)ccc1Cl. The van der Waals surface area contributed by atoms with E-state index in [0.29, 0.717) is 27.6 Å². The highest BCUT2D eigenvalue weighted by Gasteiger charge is 2.39. The molecule has 1 heterocycles. The van der Waals surface area contributed by atoms with Crippen LogP contribution in [0.5, 0.6) is 5.75 Å². The second-order valence-corrected chi connectivity index (χ2v) is 6.32. The van der Waals surface area contributed by atoms with E-state index < -0.39 is 23.3 Å². The highest BCUT2D eigenvalue weighted by Crippen LogP contribution is 2.35. The number of nitrogens with one attached hydrogen (secondary N) is 1. The van der Waals surface area contributed by atoms with Crippen LogP contribution in [0.1, 0.15) is 16.1 Å². The van der Waals surface area contributed by atoms with Gasteiger partial charge in [0.1, 0.15) is 5.75 Å². The molecule has 5 nitrogen and oxygen atoms in total. The lowest BCUT2D eigenvalue weighted by Crippen LogP contribution is -2.18. The third-order valence-electron chi connectivity index (χ3n) is 3.98. The summed E-state index contributed by atoms with van der Waals surface area (Å²) in [6.07, 6.45) is -3.71. The van der Waals surface area contributed by atoms with Crippen molar-refractivity contribution in [1.82, 2.24) is 9.78 Å². The van der Waals surface area contributed by atoms with Gasteiger partial charge in [-0.1, -0.05) is 35.9 Å². The lowest BCUT2D eigenvalue weighted by atomic mass is 10.0. The Hall–Kier alpha value is -3.00. The maximum Gasteiger partial charge on any atom is 0.435 e. The van der Waals surface area contributed by atoms with Crippen LogP contribution in [0.15, 0.2) is 48.7 Å². The monoisotopic (exact) mass is 409 g/mol. The second-order valence-electron chi connectivity index (χ2n) is 5.91. The van der Waals surface area contributed by atoms with Gasteiger partial charge in [-0.05, 0) is 23.8 Å². The molecule has 1 N–H and O–H groups in total. The predicted molar refractivity (Wildman–Crippen MR) is 99.6 cm³/mol. The van der Waals surface area contributed by atoms with E-state index >= 15 is 0 Å². The number of ether oxygens (including phenoxy) is 1. The number of hydrogen-bond acceptors (Lipinski definition) is 3. The van der Waals surface area contributed by atoms with Crippen LogP contribution < -0.4 is 10.1 Å². The average Bonchev–Trinajstić information content (AvgIpc) is 3.05. The standard InChI is InChI=1S/C19H15ClF3N3O2/c1-26-10-13(17(25-26)19(21,22)23)18(27)24-15-6-4-3-5-12(15)11-7-8-14(20)16(9-11)28-2/h3-10H,1-2H3,(H,24,27). The number of rotatable bonds is 4. The van der Waals surface area contributed by atoms with Crippen molar-refractivity contribution in [2.75, 3.05) is 12.4 Å². The number of nitrogens with zero attached hydrogens (tertiary/aromatic N) is 2. The van der Waals surface area contributed by atoms with E-state index in [0.717, 1.165) is 10.9 Å². The lowest BCUT2D eigenvalue weighted by molar-refractivity contribution is -0.141. The number of para-hydroxylation sites is 1. The van der Waals surface area contributed by atoms with Crippen molar-refractivity contribution in [2.24, 2.45) is 7.05 Å². The van der Waals surface area contributed by atoms with E-state index in [2.05, 4.69) is 10.4 Å². The van der Waals surface area contributed by atoms with Crippen molar-refractivity contribution in [3.8, 4) is 16.9 Å². The van der Waals surface area contributed by atoms with E-state index in [1.807, 2.05) is 0 Å². The molecule has 0 radical (unpaired) electrons. The molecular weight excluding hydrogens is 395 g/mol. The van der Waals surface area contributed by atoms with Crippen molar-refractivity contribution < 1.29 is 22.7 Å². The van der Waals surface area contributed by atoms with Gasteiger partial charge in [0.15, 0.2) is 5.69 Å². The smallest absolute Gasteiger partial charge is 0.435 e. The van der Waals surface area contributed by atoms with Gasteiger partial charge in [-0.15, -0.1) is 0 Å². The lowest BCUT2D eigenvalue weighted by Gasteiger charge is -2.13. The highest BCUT2D eigenvalue weighted by molar-refractivity contribution is 6.32. The van der Waals surface area contributed by atoms with Crippen molar-refractivity contribution in [1.29, 1.82) is 0 Å². The van der Waals surface area contributed by atoms with Gasteiger partial charge in [0.25, 0.3) is 5.91 Å². The molecule has 0 aliphatic carbocycles. The van der Waals surface area contributed by atoms with E-state index in [4.69, 9.17) is 16.3 Å². The van der Waals surface area contributed by atoms with Gasteiger partial charge in [0.05, 0.1) is 17.7 Å². The predicted octanol–water partition coefficient (Wildman–Crippen LogP) is 5.02. The molecule has 0 atom stereocenters. The van der Waals surface area contributed by atoms with Crippen LogP contribution >= 0.6 is 11.6 Å². The average molecular weight is 410 g/mol. The van der Waals surface area contributed by atoms with Gasteiger partial charge in [-0.3, -0.25) is 9.48 Å². The Morgan fingerprint density at radius 2 is 1.93 bits per heavy atom. The number of aromatic nitrogens is 2. The molecule has 0 fully saturated rings. The summed E-state index contributed by atoms with van der Waals surface area (Å²) in [5.41, 5.74) is -0.173. The summed E-state index contributed by atoms with van der Waals surface area (Å²) >= 11 is 6.04. The summed E-state index contributed by atoms with van der Waals surface area (Å²) in [5, 5.41) is 6.31. The summed E-state index contributed by atoms with van der Waals surface area (Å²) < 4.78 is 45.6. The fraction of sp³-hybridized carbons (Fsp3) is 0.158. The summed E-state index contributed by atoms with van der Waals surface area (Å²) in [7, 11) is 2.79. The number of hydrogen-bond donors (Lipinski definition) is 1. The molecule has 0 aliphatic heterocycles. The number of carbonyl (C=O) groups excluding carboxylic acids is 1. The van der Waals surface area contributed by atoms with Gasteiger partial charge in [-0.2, -0.15) is 18.3 Å². The van der Waals surface area contributed by atoms with Crippen molar-refractivity contribution in [3.05, 3.63) is 64.9 Å². The van der Waals surface area contributed by atoms with Crippen LogP contribution in [0.2, 0.25) is 5.02 Å². The fourth-order valence-corrected chi connectivity index (χ4v) is 2.92. The molecule has 0 unspecified atom stereocenters. The largest absolute Gasteiger partial charge is 0.495 e. The zero-order valence-electron chi connectivity index (χ0n) is 14.8. The molecule has 146 valence electrons. The number of carbonyl (C=O) groups is 1. The van der Waals surface area contributed by atoms with E-state index in [9.17, 15) is 18.0 Å². The van der Waals surface area contributed by atoms with Gasteiger partial charge >= 0.3 is 6.18 Å². The molecule has 0 saturated heterocycles. The van der Waals surface area contributed by atoms with Crippen LogP contribution in [-0.2, 0) is 13.2 Å². The summed E-state index contributed by atoms with van der Waals surface area (Å²) in [4.78, 5) is 12.5. The van der Waals surface area contributed by atoms with E-state index in [1.165, 1.54) is 14.2 Å². The van der Waals surface area contributed by atoms with Gasteiger partial charge in [0.2, 0.25) is 0 Å². The highest BCUT2D eigenvalue weighted by atomic mass is 35.5. The van der Waals surface area contributed by atoms with Crippen LogP contribution in [0.4, 0.5) is 18.9 Å². The zero-order valence-corrected chi connectivity index (χ0v) is 15.6. The number of methoxy groups -OCH3 is 1. The van der Waals surface area contributed by atoms with Crippen LogP contribution in [0.25, 0.3) is 11.1 Å². The van der Waals surface area contributed by atoms with E-state index in [-0.39, 0.29) is 0 Å². The molecule has 3 aromatic rings. The molecule has 28 heavy (non-hydrogen) atoms. The Bertz CT molecular complexity index is 1030. The first-order valence-electron chi connectivity index (χ1n) is 8.06. The van der Waals surface area contributed by atoms with Crippen LogP contribution in [-0.4, -0.2) is 22.8 Å². The number of halogens is 4. The Morgan fingerprint density at radius 3 is 2.61 bits per heavy atom. The third kappa shape index (κ3) is 3.96. The molecule has 0 aliphatic rings. The number of aryl methyl sites for hydroxylation is 1. The first-order valence-corrected chi connectivity index (χ1v) is 8.43. The second kappa shape index (κ2) is 7.55. The Balaban J connectivity index is 1.98. The molecule has 1 aromatic heterocycles. The number of alkyl halides is 3. The quantitative estimate of drug-likeness (QED) is 0.658.